The van der Waals surface area contributed by atoms with E-state index in [2.05, 4.69) is 46.1 Å². The lowest BCUT2D eigenvalue weighted by Gasteiger charge is -2.21. The van der Waals surface area contributed by atoms with Crippen LogP contribution in [0.3, 0.4) is 0 Å². The third-order valence-electron chi connectivity index (χ3n) is 3.82. The predicted molar refractivity (Wildman–Crippen MR) is 84.2 cm³/mol. The molecule has 20 heavy (non-hydrogen) atoms. The van der Waals surface area contributed by atoms with Crippen LogP contribution in [0, 0.1) is 6.92 Å². The molecule has 0 atom stereocenters. The number of aryl methyl sites for hydroxylation is 2. The van der Waals surface area contributed by atoms with Crippen molar-refractivity contribution in [2.45, 2.75) is 38.9 Å². The summed E-state index contributed by atoms with van der Waals surface area (Å²) >= 11 is 1.75. The molecule has 0 amide bonds. The third-order valence-corrected chi connectivity index (χ3v) is 4.55. The van der Waals surface area contributed by atoms with Gasteiger partial charge in [0.2, 0.25) is 0 Å². The van der Waals surface area contributed by atoms with E-state index in [0.717, 1.165) is 24.8 Å². The lowest BCUT2D eigenvalue weighted by Crippen LogP contribution is -2.23. The summed E-state index contributed by atoms with van der Waals surface area (Å²) in [6.07, 6.45) is 2.64. The first-order chi connectivity index (χ1) is 9.65. The van der Waals surface area contributed by atoms with Crippen molar-refractivity contribution >= 4 is 17.2 Å². The summed E-state index contributed by atoms with van der Waals surface area (Å²) in [5, 5.41) is 12.5. The van der Waals surface area contributed by atoms with Gasteiger partial charge in [-0.15, -0.1) is 0 Å². The smallest absolute Gasteiger partial charge is 0.131 e. The molecule has 4 nitrogen and oxygen atoms in total. The molecule has 1 fully saturated rings. The van der Waals surface area contributed by atoms with Crippen LogP contribution in [0.5, 0.6) is 0 Å². The maximum Gasteiger partial charge on any atom is 0.131 e. The first-order valence-corrected chi connectivity index (χ1v) is 8.07. The Bertz CT molecular complexity index is 569. The van der Waals surface area contributed by atoms with E-state index in [-0.39, 0.29) is 0 Å². The van der Waals surface area contributed by atoms with E-state index < -0.39 is 0 Å². The highest BCUT2D eigenvalue weighted by Gasteiger charge is 2.23. The minimum atomic E-state index is 0.727. The summed E-state index contributed by atoms with van der Waals surface area (Å²) in [6, 6.07) is 2.91. The van der Waals surface area contributed by atoms with Gasteiger partial charge in [-0.3, -0.25) is 4.68 Å². The van der Waals surface area contributed by atoms with Crippen molar-refractivity contribution in [1.29, 1.82) is 0 Å². The molecule has 0 bridgehead atoms. The molecule has 0 spiro atoms. The molecule has 2 heterocycles. The highest BCUT2D eigenvalue weighted by Crippen LogP contribution is 2.26. The van der Waals surface area contributed by atoms with Crippen LogP contribution in [0.4, 0.5) is 5.82 Å². The molecule has 2 aromatic heterocycles. The molecular formula is C15H22N4S. The zero-order chi connectivity index (χ0) is 14.1. The van der Waals surface area contributed by atoms with Gasteiger partial charge >= 0.3 is 0 Å². The molecule has 0 aromatic carbocycles. The van der Waals surface area contributed by atoms with E-state index in [1.165, 1.54) is 29.8 Å². The second kappa shape index (κ2) is 5.58. The van der Waals surface area contributed by atoms with Crippen LogP contribution in [0.2, 0.25) is 0 Å². The monoisotopic (exact) mass is 290 g/mol. The van der Waals surface area contributed by atoms with Gasteiger partial charge in [-0.2, -0.15) is 16.4 Å². The average molecular weight is 290 g/mol. The molecule has 1 N–H and O–H groups in total. The largest absolute Gasteiger partial charge is 0.355 e. The van der Waals surface area contributed by atoms with Crippen molar-refractivity contribution in [3.8, 4) is 0 Å². The van der Waals surface area contributed by atoms with Gasteiger partial charge in [0, 0.05) is 38.8 Å². The Morgan fingerprint density at radius 3 is 2.95 bits per heavy atom. The number of rotatable bonds is 6. The lowest BCUT2D eigenvalue weighted by molar-refractivity contribution is 0.680. The number of nitrogens with one attached hydrogen (secondary N) is 1. The van der Waals surface area contributed by atoms with Crippen molar-refractivity contribution < 1.29 is 0 Å². The van der Waals surface area contributed by atoms with Crippen LogP contribution in [0.1, 0.15) is 29.7 Å². The van der Waals surface area contributed by atoms with Gasteiger partial charge in [0.1, 0.15) is 5.82 Å². The Hall–Kier alpha value is -1.33. The fraction of sp³-hybridized carbons (Fsp3) is 0.533. The third kappa shape index (κ3) is 2.88. The van der Waals surface area contributed by atoms with E-state index in [4.69, 9.17) is 0 Å². The maximum atomic E-state index is 4.60. The first-order valence-electron chi connectivity index (χ1n) is 7.13. The summed E-state index contributed by atoms with van der Waals surface area (Å²) in [5.74, 6) is 1.22. The van der Waals surface area contributed by atoms with Gasteiger partial charge in [-0.25, -0.2) is 0 Å². The number of hydrogen-bond acceptors (Lipinski definition) is 4. The van der Waals surface area contributed by atoms with Crippen LogP contribution in [0.15, 0.2) is 16.8 Å². The van der Waals surface area contributed by atoms with E-state index >= 15 is 0 Å². The van der Waals surface area contributed by atoms with E-state index in [1.807, 2.05) is 11.7 Å². The zero-order valence-corrected chi connectivity index (χ0v) is 13.2. The van der Waals surface area contributed by atoms with E-state index in [1.54, 1.807) is 11.3 Å². The van der Waals surface area contributed by atoms with Crippen LogP contribution in [0.25, 0.3) is 0 Å². The maximum absolute atomic E-state index is 4.60. The Labute approximate surface area is 124 Å². The normalized spacial score (nSPS) is 14.8. The van der Waals surface area contributed by atoms with Gasteiger partial charge < -0.3 is 10.2 Å². The molecule has 3 rings (SSSR count). The van der Waals surface area contributed by atoms with Crippen molar-refractivity contribution in [1.82, 2.24) is 15.1 Å². The lowest BCUT2D eigenvalue weighted by atomic mass is 10.2. The fourth-order valence-corrected chi connectivity index (χ4v) is 3.30. The van der Waals surface area contributed by atoms with Crippen molar-refractivity contribution in [3.63, 3.8) is 0 Å². The molecule has 0 aliphatic heterocycles. The summed E-state index contributed by atoms with van der Waals surface area (Å²) in [5.41, 5.74) is 3.82. The minimum absolute atomic E-state index is 0.727. The van der Waals surface area contributed by atoms with Crippen LogP contribution in [-0.4, -0.2) is 22.9 Å². The average Bonchev–Trinajstić information content (AvgIpc) is 3.00. The van der Waals surface area contributed by atoms with E-state index in [0.29, 0.717) is 0 Å². The van der Waals surface area contributed by atoms with Crippen molar-refractivity contribution in [2.75, 3.05) is 11.9 Å². The van der Waals surface area contributed by atoms with Gasteiger partial charge in [-0.1, -0.05) is 0 Å². The standard InChI is InChI=1S/C15H22N4S/c1-11-14(8-16-13-4-5-13)15(19(3)17-11)18(2)9-12-6-7-20-10-12/h6-7,10,13,16H,4-5,8-9H2,1-3H3. The molecule has 1 saturated carbocycles. The number of anilines is 1. The summed E-state index contributed by atoms with van der Waals surface area (Å²) in [6.45, 7) is 3.96. The van der Waals surface area contributed by atoms with Gasteiger partial charge in [-0.05, 0) is 42.2 Å². The molecule has 108 valence electrons. The van der Waals surface area contributed by atoms with Gasteiger partial charge in [0.15, 0.2) is 0 Å². The molecule has 5 heteroatoms. The zero-order valence-electron chi connectivity index (χ0n) is 12.4. The van der Waals surface area contributed by atoms with Crippen molar-refractivity contribution in [2.24, 2.45) is 7.05 Å². The highest BCUT2D eigenvalue weighted by atomic mass is 32.1. The Balaban J connectivity index is 1.78. The summed E-state index contributed by atoms with van der Waals surface area (Å²) in [4.78, 5) is 2.30. The van der Waals surface area contributed by atoms with Crippen LogP contribution >= 0.6 is 11.3 Å². The Morgan fingerprint density at radius 1 is 1.50 bits per heavy atom. The number of thiophene rings is 1. The second-order valence-electron chi connectivity index (χ2n) is 5.65. The summed E-state index contributed by atoms with van der Waals surface area (Å²) < 4.78 is 2.01. The van der Waals surface area contributed by atoms with Crippen molar-refractivity contribution in [3.05, 3.63) is 33.6 Å². The quantitative estimate of drug-likeness (QED) is 0.888. The van der Waals surface area contributed by atoms with Gasteiger partial charge in [0.05, 0.1) is 5.69 Å². The fourth-order valence-electron chi connectivity index (χ4n) is 2.64. The van der Waals surface area contributed by atoms with Crippen LogP contribution < -0.4 is 10.2 Å². The van der Waals surface area contributed by atoms with Crippen LogP contribution in [-0.2, 0) is 20.1 Å². The second-order valence-corrected chi connectivity index (χ2v) is 6.43. The molecule has 0 radical (unpaired) electrons. The number of aromatic nitrogens is 2. The number of hydrogen-bond donors (Lipinski definition) is 1. The molecule has 0 saturated heterocycles. The topological polar surface area (TPSA) is 33.1 Å². The molecule has 1 aliphatic carbocycles. The predicted octanol–water partition coefficient (Wildman–Crippen LogP) is 2.68. The Kier molecular flexibility index (Phi) is 3.81. The SMILES string of the molecule is Cc1nn(C)c(N(C)Cc2ccsc2)c1CNC1CC1. The summed E-state index contributed by atoms with van der Waals surface area (Å²) in [7, 11) is 4.18. The molecule has 1 aliphatic rings. The molecule has 0 unspecified atom stereocenters. The van der Waals surface area contributed by atoms with Gasteiger partial charge in [0.25, 0.3) is 0 Å². The number of nitrogens with zero attached hydrogens (tertiary/aromatic N) is 3. The van der Waals surface area contributed by atoms with E-state index in [9.17, 15) is 0 Å². The highest BCUT2D eigenvalue weighted by molar-refractivity contribution is 7.07. The first kappa shape index (κ1) is 13.6. The molecule has 2 aromatic rings. The Morgan fingerprint density at radius 2 is 2.30 bits per heavy atom. The molecular weight excluding hydrogens is 268 g/mol. The minimum Gasteiger partial charge on any atom is -0.355 e.